The number of rotatable bonds is 5. The van der Waals surface area contributed by atoms with E-state index >= 15 is 0 Å². The molecule has 0 aliphatic heterocycles. The molecule has 1 amide bonds. The van der Waals surface area contributed by atoms with Gasteiger partial charge in [-0.2, -0.15) is 0 Å². The van der Waals surface area contributed by atoms with E-state index in [1.807, 2.05) is 42.1 Å². The molecule has 1 fully saturated rings. The number of aryl methyl sites for hydroxylation is 1. The van der Waals surface area contributed by atoms with E-state index in [-0.39, 0.29) is 48.7 Å². The molecule has 144 valence electrons. The quantitative estimate of drug-likeness (QED) is 0.807. The molecular weight excluding hydrogens is 375 g/mol. The molecule has 0 spiro atoms. The largest absolute Gasteiger partial charge is 0.497 e. The minimum Gasteiger partial charge on any atom is -0.497 e. The van der Waals surface area contributed by atoms with Crippen molar-refractivity contribution in [3.05, 3.63) is 48.0 Å². The Hall–Kier alpha value is -1.76. The minimum atomic E-state index is -0.291. The second-order valence-corrected chi connectivity index (χ2v) is 6.38. The lowest BCUT2D eigenvalue weighted by Gasteiger charge is -2.21. The van der Waals surface area contributed by atoms with E-state index in [0.717, 1.165) is 36.4 Å². The van der Waals surface area contributed by atoms with E-state index in [0.29, 0.717) is 0 Å². The van der Waals surface area contributed by atoms with Crippen molar-refractivity contribution in [2.75, 3.05) is 7.11 Å². The summed E-state index contributed by atoms with van der Waals surface area (Å²) < 4.78 is 7.14. The summed E-state index contributed by atoms with van der Waals surface area (Å²) in [6.07, 6.45) is 6.13. The zero-order chi connectivity index (χ0) is 17.1. The highest BCUT2D eigenvalue weighted by molar-refractivity contribution is 5.85. The van der Waals surface area contributed by atoms with Crippen LogP contribution in [-0.4, -0.2) is 28.6 Å². The van der Waals surface area contributed by atoms with Gasteiger partial charge in [0.25, 0.3) is 0 Å². The maximum atomic E-state index is 12.7. The summed E-state index contributed by atoms with van der Waals surface area (Å²) in [5.74, 6) is 1.62. The van der Waals surface area contributed by atoms with E-state index < -0.39 is 0 Å². The van der Waals surface area contributed by atoms with E-state index in [1.165, 1.54) is 0 Å². The Balaban J connectivity index is 0.00000169. The van der Waals surface area contributed by atoms with Crippen molar-refractivity contribution < 1.29 is 9.53 Å². The number of nitrogens with one attached hydrogen (secondary N) is 1. The topological polar surface area (TPSA) is 82.2 Å². The number of halogens is 2. The van der Waals surface area contributed by atoms with Gasteiger partial charge in [-0.25, -0.2) is 4.98 Å². The zero-order valence-corrected chi connectivity index (χ0v) is 16.6. The third-order valence-corrected chi connectivity index (χ3v) is 4.70. The van der Waals surface area contributed by atoms with Crippen molar-refractivity contribution in [2.24, 2.45) is 18.7 Å². The summed E-state index contributed by atoms with van der Waals surface area (Å²) in [6, 6.07) is 7.54. The van der Waals surface area contributed by atoms with Crippen LogP contribution in [0, 0.1) is 5.92 Å². The van der Waals surface area contributed by atoms with E-state index in [4.69, 9.17) is 10.5 Å². The molecule has 1 aliphatic rings. The van der Waals surface area contributed by atoms with Crippen molar-refractivity contribution in [3.8, 4) is 5.75 Å². The van der Waals surface area contributed by atoms with Gasteiger partial charge in [0.2, 0.25) is 5.91 Å². The summed E-state index contributed by atoms with van der Waals surface area (Å²) in [4.78, 5) is 17.1. The van der Waals surface area contributed by atoms with Gasteiger partial charge in [-0.05, 0) is 37.0 Å². The number of imidazole rings is 1. The first-order valence-electron chi connectivity index (χ1n) is 8.25. The molecule has 0 saturated heterocycles. The lowest BCUT2D eigenvalue weighted by atomic mass is 10.0. The molecule has 1 saturated carbocycles. The van der Waals surface area contributed by atoms with Crippen LogP contribution >= 0.6 is 24.8 Å². The van der Waals surface area contributed by atoms with E-state index in [9.17, 15) is 4.79 Å². The van der Waals surface area contributed by atoms with Crippen LogP contribution in [0.25, 0.3) is 0 Å². The lowest BCUT2D eigenvalue weighted by Crippen LogP contribution is -2.35. The number of methoxy groups -OCH3 is 1. The predicted octanol–water partition coefficient (Wildman–Crippen LogP) is 2.61. The molecule has 8 heteroatoms. The van der Waals surface area contributed by atoms with Crippen LogP contribution in [0.2, 0.25) is 0 Å². The van der Waals surface area contributed by atoms with Crippen molar-refractivity contribution in [1.82, 2.24) is 14.9 Å². The number of nitrogens with zero attached hydrogens (tertiary/aromatic N) is 2. The van der Waals surface area contributed by atoms with Gasteiger partial charge < -0.3 is 20.4 Å². The average molecular weight is 401 g/mol. The summed E-state index contributed by atoms with van der Waals surface area (Å²) in [5, 5.41) is 3.16. The van der Waals surface area contributed by atoms with Gasteiger partial charge in [-0.15, -0.1) is 24.8 Å². The van der Waals surface area contributed by atoms with Crippen molar-refractivity contribution in [2.45, 2.75) is 31.3 Å². The van der Waals surface area contributed by atoms with Crippen molar-refractivity contribution in [1.29, 1.82) is 0 Å². The minimum absolute atomic E-state index is 0. The molecule has 26 heavy (non-hydrogen) atoms. The number of amides is 1. The Bertz CT molecular complexity index is 705. The highest BCUT2D eigenvalue weighted by Crippen LogP contribution is 2.27. The highest BCUT2D eigenvalue weighted by Gasteiger charge is 2.30. The maximum Gasteiger partial charge on any atom is 0.224 e. The Morgan fingerprint density at radius 1 is 1.31 bits per heavy atom. The summed E-state index contributed by atoms with van der Waals surface area (Å²) in [5.41, 5.74) is 6.92. The second kappa shape index (κ2) is 9.80. The van der Waals surface area contributed by atoms with Crippen LogP contribution < -0.4 is 15.8 Å². The van der Waals surface area contributed by atoms with Gasteiger partial charge in [0.1, 0.15) is 17.6 Å². The first-order chi connectivity index (χ1) is 11.6. The number of hydrogen-bond donors (Lipinski definition) is 2. The summed E-state index contributed by atoms with van der Waals surface area (Å²) >= 11 is 0. The van der Waals surface area contributed by atoms with Crippen molar-refractivity contribution >= 4 is 30.7 Å². The van der Waals surface area contributed by atoms with Gasteiger partial charge in [0.05, 0.1) is 7.11 Å². The molecule has 3 atom stereocenters. The second-order valence-electron chi connectivity index (χ2n) is 6.38. The highest BCUT2D eigenvalue weighted by atomic mass is 35.5. The summed E-state index contributed by atoms with van der Waals surface area (Å²) in [7, 11) is 3.56. The molecule has 3 unspecified atom stereocenters. The fourth-order valence-corrected chi connectivity index (χ4v) is 3.26. The molecular formula is C18H26Cl2N4O2. The summed E-state index contributed by atoms with van der Waals surface area (Å²) in [6.45, 7) is 0. The molecule has 1 aliphatic carbocycles. The van der Waals surface area contributed by atoms with Gasteiger partial charge in [0.15, 0.2) is 0 Å². The molecule has 6 nitrogen and oxygen atoms in total. The molecule has 3 rings (SSSR count). The SMILES string of the molecule is COc1ccc(C(NC(=O)C2CCC(N)C2)c2nccn2C)cc1.Cl.Cl. The predicted molar refractivity (Wildman–Crippen MR) is 106 cm³/mol. The number of carbonyl (C=O) groups is 1. The van der Waals surface area contributed by atoms with Gasteiger partial charge in [-0.1, -0.05) is 12.1 Å². The lowest BCUT2D eigenvalue weighted by molar-refractivity contribution is -0.125. The third kappa shape index (κ3) is 4.90. The monoisotopic (exact) mass is 400 g/mol. The first-order valence-corrected chi connectivity index (χ1v) is 8.25. The molecule has 1 aromatic carbocycles. The fourth-order valence-electron chi connectivity index (χ4n) is 3.26. The van der Waals surface area contributed by atoms with Gasteiger partial charge in [0, 0.05) is 31.4 Å². The fraction of sp³-hybridized carbons (Fsp3) is 0.444. The van der Waals surface area contributed by atoms with Gasteiger partial charge in [-0.3, -0.25) is 4.79 Å². The van der Waals surface area contributed by atoms with E-state index in [1.54, 1.807) is 13.3 Å². The number of hydrogen-bond acceptors (Lipinski definition) is 4. The Kier molecular flexibility index (Phi) is 8.40. The van der Waals surface area contributed by atoms with Crippen LogP contribution in [0.5, 0.6) is 5.75 Å². The Morgan fingerprint density at radius 3 is 2.50 bits per heavy atom. The number of nitrogens with two attached hydrogens (primary N) is 1. The number of carbonyl (C=O) groups excluding carboxylic acids is 1. The van der Waals surface area contributed by atoms with Gasteiger partial charge >= 0.3 is 0 Å². The standard InChI is InChI=1S/C18H24N4O2.2ClH/c1-22-10-9-20-17(22)16(12-4-7-15(24-2)8-5-12)21-18(23)13-3-6-14(19)11-13;;/h4-5,7-10,13-14,16H,3,6,11,19H2,1-2H3,(H,21,23);2*1H. The first kappa shape index (κ1) is 22.3. The number of ether oxygens (including phenoxy) is 1. The van der Waals surface area contributed by atoms with Crippen LogP contribution in [0.4, 0.5) is 0 Å². The molecule has 3 N–H and O–H groups in total. The van der Waals surface area contributed by atoms with Crippen LogP contribution in [0.1, 0.15) is 36.7 Å². The Morgan fingerprint density at radius 2 is 2.00 bits per heavy atom. The van der Waals surface area contributed by atoms with Crippen LogP contribution in [0.3, 0.4) is 0 Å². The van der Waals surface area contributed by atoms with Crippen molar-refractivity contribution in [3.63, 3.8) is 0 Å². The normalized spacial score (nSPS) is 19.8. The smallest absolute Gasteiger partial charge is 0.224 e. The molecule has 0 bridgehead atoms. The molecule has 2 aromatic rings. The molecule has 0 radical (unpaired) electrons. The maximum absolute atomic E-state index is 12.7. The van der Waals surface area contributed by atoms with Crippen LogP contribution in [-0.2, 0) is 11.8 Å². The third-order valence-electron chi connectivity index (χ3n) is 4.70. The van der Waals surface area contributed by atoms with E-state index in [2.05, 4.69) is 10.3 Å². The Labute approximate surface area is 166 Å². The average Bonchev–Trinajstić information content (AvgIpc) is 3.21. The zero-order valence-electron chi connectivity index (χ0n) is 14.9. The number of aromatic nitrogens is 2. The molecule has 1 heterocycles. The van der Waals surface area contributed by atoms with Crippen LogP contribution in [0.15, 0.2) is 36.7 Å². The molecule has 1 aromatic heterocycles. The number of benzene rings is 1.